The number of hydrogen-bond donors (Lipinski definition) is 2. The molecule has 0 radical (unpaired) electrons. The number of aromatic nitrogens is 2. The van der Waals surface area contributed by atoms with Gasteiger partial charge in [-0.2, -0.15) is 0 Å². The number of nitrogens with zero attached hydrogens (tertiary/aromatic N) is 2. The van der Waals surface area contributed by atoms with Crippen molar-refractivity contribution in [2.75, 3.05) is 18.5 Å². The Hall–Kier alpha value is -1.96. The summed E-state index contributed by atoms with van der Waals surface area (Å²) in [5.74, 6) is 1.54. The fourth-order valence-corrected chi connectivity index (χ4v) is 3.45. The molecular formula is C19H26N4O3. The second-order valence-electron chi connectivity index (χ2n) is 7.93. The molecule has 2 aliphatic rings. The van der Waals surface area contributed by atoms with E-state index in [9.17, 15) is 0 Å². The van der Waals surface area contributed by atoms with Gasteiger partial charge in [-0.1, -0.05) is 20.8 Å². The molecule has 4 rings (SSSR count). The van der Waals surface area contributed by atoms with E-state index in [0.717, 1.165) is 11.5 Å². The van der Waals surface area contributed by atoms with Crippen LogP contribution in [0.1, 0.15) is 32.2 Å². The van der Waals surface area contributed by atoms with E-state index in [4.69, 9.17) is 13.9 Å². The molecule has 0 amide bonds. The minimum atomic E-state index is -0.0151. The maximum atomic E-state index is 6.01. The molecule has 2 fully saturated rings. The summed E-state index contributed by atoms with van der Waals surface area (Å²) in [6, 6.07) is 6.01. The summed E-state index contributed by atoms with van der Waals surface area (Å²) in [6.07, 6.45) is 3.49. The van der Waals surface area contributed by atoms with Crippen LogP contribution in [0.5, 0.6) is 0 Å². The SMILES string of the molecule is CC(C)(C)c1ccnc(NC2COC3C(NCc4ccco4)COC23)n1. The lowest BCUT2D eigenvalue weighted by atomic mass is 9.92. The van der Waals surface area contributed by atoms with Crippen molar-refractivity contribution in [1.29, 1.82) is 0 Å². The molecule has 7 nitrogen and oxygen atoms in total. The summed E-state index contributed by atoms with van der Waals surface area (Å²) >= 11 is 0. The highest BCUT2D eigenvalue weighted by molar-refractivity contribution is 5.30. The maximum Gasteiger partial charge on any atom is 0.223 e. The van der Waals surface area contributed by atoms with E-state index in [-0.39, 0.29) is 29.7 Å². The Morgan fingerprint density at radius 2 is 1.88 bits per heavy atom. The highest BCUT2D eigenvalue weighted by Crippen LogP contribution is 2.29. The van der Waals surface area contributed by atoms with Crippen LogP contribution in [0.4, 0.5) is 5.95 Å². The molecule has 2 saturated heterocycles. The summed E-state index contributed by atoms with van der Waals surface area (Å²) in [5, 5.41) is 6.86. The number of rotatable bonds is 5. The van der Waals surface area contributed by atoms with Crippen molar-refractivity contribution in [3.8, 4) is 0 Å². The number of anilines is 1. The topological polar surface area (TPSA) is 81.4 Å². The quantitative estimate of drug-likeness (QED) is 0.847. The zero-order chi connectivity index (χ0) is 18.1. The number of fused-ring (bicyclic) bond motifs is 1. The highest BCUT2D eigenvalue weighted by Gasteiger charge is 2.47. The van der Waals surface area contributed by atoms with Crippen molar-refractivity contribution in [2.24, 2.45) is 0 Å². The van der Waals surface area contributed by atoms with Crippen LogP contribution in [0, 0.1) is 0 Å². The van der Waals surface area contributed by atoms with E-state index in [1.807, 2.05) is 18.2 Å². The van der Waals surface area contributed by atoms with Gasteiger partial charge >= 0.3 is 0 Å². The standard InChI is InChI=1S/C19H26N4O3/c1-19(2,3)15-6-7-20-18(23-15)22-14-11-26-16-13(10-25-17(14)16)21-9-12-5-4-8-24-12/h4-8,13-14,16-17,21H,9-11H2,1-3H3,(H,20,22,23). The summed E-state index contributed by atoms with van der Waals surface area (Å²) in [5.41, 5.74) is 0.995. The van der Waals surface area contributed by atoms with Crippen LogP contribution in [0.25, 0.3) is 0 Å². The normalized spacial score (nSPS) is 28.3. The van der Waals surface area contributed by atoms with Crippen LogP contribution in [0.3, 0.4) is 0 Å². The molecule has 26 heavy (non-hydrogen) atoms. The van der Waals surface area contributed by atoms with Crippen LogP contribution < -0.4 is 10.6 Å². The monoisotopic (exact) mass is 358 g/mol. The smallest absolute Gasteiger partial charge is 0.223 e. The number of hydrogen-bond acceptors (Lipinski definition) is 7. The van der Waals surface area contributed by atoms with Gasteiger partial charge in [0.05, 0.1) is 43.8 Å². The summed E-state index contributed by atoms with van der Waals surface area (Å²) in [7, 11) is 0. The predicted molar refractivity (Wildman–Crippen MR) is 97.0 cm³/mol. The average Bonchev–Trinajstić information content (AvgIpc) is 3.32. The second kappa shape index (κ2) is 6.98. The van der Waals surface area contributed by atoms with E-state index >= 15 is 0 Å². The molecule has 4 unspecified atom stereocenters. The molecule has 4 heterocycles. The molecule has 7 heteroatoms. The Morgan fingerprint density at radius 1 is 1.12 bits per heavy atom. The summed E-state index contributed by atoms with van der Waals surface area (Å²) in [6.45, 7) is 8.30. The Labute approximate surface area is 153 Å². The second-order valence-corrected chi connectivity index (χ2v) is 7.93. The maximum absolute atomic E-state index is 6.01. The molecule has 4 atom stereocenters. The number of nitrogens with one attached hydrogen (secondary N) is 2. The zero-order valence-corrected chi connectivity index (χ0v) is 15.4. The first-order valence-electron chi connectivity index (χ1n) is 9.10. The molecule has 0 spiro atoms. The molecule has 2 aromatic heterocycles. The van der Waals surface area contributed by atoms with Crippen molar-refractivity contribution >= 4 is 5.95 Å². The minimum absolute atomic E-state index is 0.00834. The van der Waals surface area contributed by atoms with Gasteiger partial charge in [0.15, 0.2) is 0 Å². The van der Waals surface area contributed by atoms with Gasteiger partial charge in [0, 0.05) is 11.6 Å². The molecule has 2 N–H and O–H groups in total. The fraction of sp³-hybridized carbons (Fsp3) is 0.579. The third-order valence-electron chi connectivity index (χ3n) is 4.91. The summed E-state index contributed by atoms with van der Waals surface area (Å²) < 4.78 is 17.4. The van der Waals surface area contributed by atoms with Crippen molar-refractivity contribution in [3.63, 3.8) is 0 Å². The van der Waals surface area contributed by atoms with Crippen molar-refractivity contribution in [2.45, 2.75) is 57.0 Å². The summed E-state index contributed by atoms with van der Waals surface area (Å²) in [4.78, 5) is 9.01. The van der Waals surface area contributed by atoms with E-state index in [2.05, 4.69) is 41.4 Å². The molecule has 0 bridgehead atoms. The van der Waals surface area contributed by atoms with Crippen LogP contribution in [0.2, 0.25) is 0 Å². The molecule has 140 valence electrons. The molecule has 2 aliphatic heterocycles. The number of furan rings is 1. The fourth-order valence-electron chi connectivity index (χ4n) is 3.45. The molecule has 2 aromatic rings. The first kappa shape index (κ1) is 17.5. The lowest BCUT2D eigenvalue weighted by Crippen LogP contribution is -2.41. The van der Waals surface area contributed by atoms with E-state index in [1.54, 1.807) is 12.5 Å². The Bertz CT molecular complexity index is 729. The first-order chi connectivity index (χ1) is 12.5. The highest BCUT2D eigenvalue weighted by atomic mass is 16.6. The van der Waals surface area contributed by atoms with E-state index in [1.165, 1.54) is 0 Å². The molecular weight excluding hydrogens is 332 g/mol. The first-order valence-corrected chi connectivity index (χ1v) is 9.10. The number of ether oxygens (including phenoxy) is 2. The zero-order valence-electron chi connectivity index (χ0n) is 15.4. The lowest BCUT2D eigenvalue weighted by Gasteiger charge is -2.21. The lowest BCUT2D eigenvalue weighted by molar-refractivity contribution is 0.0673. The average molecular weight is 358 g/mol. The van der Waals surface area contributed by atoms with Gasteiger partial charge in [-0.25, -0.2) is 9.97 Å². The van der Waals surface area contributed by atoms with Gasteiger partial charge in [-0.3, -0.25) is 0 Å². The van der Waals surface area contributed by atoms with Crippen molar-refractivity contribution in [3.05, 3.63) is 42.1 Å². The van der Waals surface area contributed by atoms with Gasteiger partial charge in [0.25, 0.3) is 0 Å². The van der Waals surface area contributed by atoms with Gasteiger partial charge < -0.3 is 24.5 Å². The van der Waals surface area contributed by atoms with E-state index < -0.39 is 0 Å². The van der Waals surface area contributed by atoms with Gasteiger partial charge in [0.1, 0.15) is 18.0 Å². The Kier molecular flexibility index (Phi) is 4.69. The van der Waals surface area contributed by atoms with Crippen LogP contribution >= 0.6 is 0 Å². The van der Waals surface area contributed by atoms with Crippen molar-refractivity contribution < 1.29 is 13.9 Å². The molecule has 0 aliphatic carbocycles. The minimum Gasteiger partial charge on any atom is -0.468 e. The van der Waals surface area contributed by atoms with E-state index in [0.29, 0.717) is 25.7 Å². The van der Waals surface area contributed by atoms with Gasteiger partial charge in [-0.05, 0) is 18.2 Å². The van der Waals surface area contributed by atoms with Gasteiger partial charge in [0.2, 0.25) is 5.95 Å². The predicted octanol–water partition coefficient (Wildman–Crippen LogP) is 2.10. The molecule has 0 saturated carbocycles. The Morgan fingerprint density at radius 3 is 2.62 bits per heavy atom. The molecule has 0 aromatic carbocycles. The van der Waals surface area contributed by atoms with Crippen molar-refractivity contribution in [1.82, 2.24) is 15.3 Å². The van der Waals surface area contributed by atoms with Crippen LogP contribution in [0.15, 0.2) is 35.1 Å². The third-order valence-corrected chi connectivity index (χ3v) is 4.91. The largest absolute Gasteiger partial charge is 0.468 e. The Balaban J connectivity index is 1.37. The van der Waals surface area contributed by atoms with Crippen LogP contribution in [-0.4, -0.2) is 47.5 Å². The third kappa shape index (κ3) is 3.60. The van der Waals surface area contributed by atoms with Crippen LogP contribution in [-0.2, 0) is 21.4 Å². The van der Waals surface area contributed by atoms with Gasteiger partial charge in [-0.15, -0.1) is 0 Å².